The minimum atomic E-state index is -3.26. The number of benzene rings is 1. The first-order valence-electron chi connectivity index (χ1n) is 5.52. The predicted octanol–water partition coefficient (Wildman–Crippen LogP) is 2.49. The SMILES string of the molecule is O=C(c1ccc(Cl)cc1)C1CCCCS1(=O)=O. The van der Waals surface area contributed by atoms with Gasteiger partial charge in [0, 0.05) is 10.6 Å². The Kier molecular flexibility index (Phi) is 3.54. The molecular weight excluding hydrogens is 260 g/mol. The minimum absolute atomic E-state index is 0.122. The maximum atomic E-state index is 12.1. The summed E-state index contributed by atoms with van der Waals surface area (Å²) in [5, 5.41) is -0.328. The molecule has 1 aromatic rings. The highest BCUT2D eigenvalue weighted by atomic mass is 35.5. The van der Waals surface area contributed by atoms with Gasteiger partial charge in [0.25, 0.3) is 0 Å². The van der Waals surface area contributed by atoms with Crippen LogP contribution in [0.4, 0.5) is 0 Å². The number of Topliss-reactive ketones (excluding diaryl/α,β-unsaturated/α-hetero) is 1. The number of hydrogen-bond acceptors (Lipinski definition) is 3. The van der Waals surface area contributed by atoms with E-state index in [-0.39, 0.29) is 11.5 Å². The first kappa shape index (κ1) is 12.6. The van der Waals surface area contributed by atoms with Gasteiger partial charge in [0.1, 0.15) is 5.25 Å². The van der Waals surface area contributed by atoms with Crippen LogP contribution >= 0.6 is 11.6 Å². The van der Waals surface area contributed by atoms with Crippen molar-refractivity contribution < 1.29 is 13.2 Å². The molecule has 1 fully saturated rings. The number of ketones is 1. The third kappa shape index (κ3) is 2.69. The number of halogens is 1. The molecule has 1 saturated heterocycles. The monoisotopic (exact) mass is 272 g/mol. The van der Waals surface area contributed by atoms with Gasteiger partial charge in [-0.05, 0) is 37.1 Å². The molecule has 0 saturated carbocycles. The Hall–Kier alpha value is -0.870. The Morgan fingerprint density at radius 2 is 1.82 bits per heavy atom. The summed E-state index contributed by atoms with van der Waals surface area (Å²) in [6, 6.07) is 6.36. The zero-order chi connectivity index (χ0) is 12.5. The summed E-state index contributed by atoms with van der Waals surface area (Å²) in [6.45, 7) is 0. The van der Waals surface area contributed by atoms with E-state index < -0.39 is 15.1 Å². The fourth-order valence-corrected chi connectivity index (χ4v) is 4.05. The van der Waals surface area contributed by atoms with Gasteiger partial charge in [-0.15, -0.1) is 0 Å². The molecule has 92 valence electrons. The van der Waals surface area contributed by atoms with Crippen molar-refractivity contribution in [3.05, 3.63) is 34.9 Å². The van der Waals surface area contributed by atoms with E-state index in [9.17, 15) is 13.2 Å². The van der Waals surface area contributed by atoms with Crippen molar-refractivity contribution in [2.75, 3.05) is 5.75 Å². The molecule has 0 aromatic heterocycles. The molecule has 0 aliphatic carbocycles. The van der Waals surface area contributed by atoms with Gasteiger partial charge in [-0.2, -0.15) is 0 Å². The van der Waals surface area contributed by atoms with Crippen LogP contribution in [0.3, 0.4) is 0 Å². The van der Waals surface area contributed by atoms with Crippen LogP contribution in [0.2, 0.25) is 5.02 Å². The summed E-state index contributed by atoms with van der Waals surface area (Å²) < 4.78 is 23.6. The fraction of sp³-hybridized carbons (Fsp3) is 0.417. The lowest BCUT2D eigenvalue weighted by atomic mass is 10.0. The summed E-state index contributed by atoms with van der Waals surface area (Å²) in [7, 11) is -3.26. The van der Waals surface area contributed by atoms with E-state index >= 15 is 0 Å². The molecule has 3 nitrogen and oxygen atoms in total. The van der Waals surface area contributed by atoms with E-state index in [1.54, 1.807) is 24.3 Å². The van der Waals surface area contributed by atoms with Gasteiger partial charge in [0.05, 0.1) is 5.75 Å². The van der Waals surface area contributed by atoms with Crippen LogP contribution in [0.25, 0.3) is 0 Å². The number of rotatable bonds is 2. The number of sulfone groups is 1. The topological polar surface area (TPSA) is 51.2 Å². The largest absolute Gasteiger partial charge is 0.293 e. The van der Waals surface area contributed by atoms with Crippen LogP contribution in [0.1, 0.15) is 29.6 Å². The summed E-state index contributed by atoms with van der Waals surface area (Å²) in [4.78, 5) is 12.1. The molecule has 1 aliphatic rings. The van der Waals surface area contributed by atoms with E-state index in [0.29, 0.717) is 23.4 Å². The zero-order valence-electron chi connectivity index (χ0n) is 9.23. The Morgan fingerprint density at radius 3 is 2.41 bits per heavy atom. The predicted molar refractivity (Wildman–Crippen MR) is 67.2 cm³/mol. The van der Waals surface area contributed by atoms with E-state index in [1.165, 1.54) is 0 Å². The first-order valence-corrected chi connectivity index (χ1v) is 7.61. The summed E-state index contributed by atoms with van der Waals surface area (Å²) >= 11 is 5.73. The second-order valence-corrected chi connectivity index (χ2v) is 6.96. The van der Waals surface area contributed by atoms with E-state index in [0.717, 1.165) is 6.42 Å². The second-order valence-electron chi connectivity index (χ2n) is 4.22. The lowest BCUT2D eigenvalue weighted by Gasteiger charge is -2.20. The maximum Gasteiger partial charge on any atom is 0.180 e. The molecule has 1 aromatic carbocycles. The van der Waals surface area contributed by atoms with Crippen molar-refractivity contribution >= 4 is 27.2 Å². The minimum Gasteiger partial charge on any atom is -0.293 e. The molecule has 2 rings (SSSR count). The molecule has 1 aliphatic heterocycles. The summed E-state index contributed by atoms with van der Waals surface area (Å²) in [5.41, 5.74) is 0.421. The quantitative estimate of drug-likeness (QED) is 0.777. The van der Waals surface area contributed by atoms with Crippen LogP contribution in [-0.4, -0.2) is 25.2 Å². The normalized spacial score (nSPS) is 23.2. The average molecular weight is 273 g/mol. The van der Waals surface area contributed by atoms with Crippen LogP contribution in [0.15, 0.2) is 24.3 Å². The molecule has 1 heterocycles. The number of hydrogen-bond donors (Lipinski definition) is 0. The number of carbonyl (C=O) groups is 1. The van der Waals surface area contributed by atoms with E-state index in [1.807, 2.05) is 0 Å². The smallest absolute Gasteiger partial charge is 0.180 e. The van der Waals surface area contributed by atoms with Gasteiger partial charge in [-0.1, -0.05) is 18.0 Å². The lowest BCUT2D eigenvalue weighted by molar-refractivity contribution is 0.0981. The summed E-state index contributed by atoms with van der Waals surface area (Å²) in [6.07, 6.45) is 1.89. The maximum absolute atomic E-state index is 12.1. The Balaban J connectivity index is 2.28. The van der Waals surface area contributed by atoms with Gasteiger partial charge in [0.15, 0.2) is 15.6 Å². The molecule has 0 radical (unpaired) electrons. The second kappa shape index (κ2) is 4.78. The molecule has 5 heteroatoms. The van der Waals surface area contributed by atoms with Crippen molar-refractivity contribution in [2.24, 2.45) is 0 Å². The van der Waals surface area contributed by atoms with Gasteiger partial charge in [-0.25, -0.2) is 8.42 Å². The molecule has 0 N–H and O–H groups in total. The van der Waals surface area contributed by atoms with Crippen molar-refractivity contribution in [1.29, 1.82) is 0 Å². The highest BCUT2D eigenvalue weighted by Crippen LogP contribution is 2.23. The van der Waals surface area contributed by atoms with Crippen molar-refractivity contribution in [3.8, 4) is 0 Å². The van der Waals surface area contributed by atoms with Crippen molar-refractivity contribution in [3.63, 3.8) is 0 Å². The zero-order valence-corrected chi connectivity index (χ0v) is 10.8. The lowest BCUT2D eigenvalue weighted by Crippen LogP contribution is -2.35. The third-order valence-corrected chi connectivity index (χ3v) is 5.43. The highest BCUT2D eigenvalue weighted by Gasteiger charge is 2.35. The van der Waals surface area contributed by atoms with Crippen LogP contribution in [0, 0.1) is 0 Å². The van der Waals surface area contributed by atoms with Crippen LogP contribution in [-0.2, 0) is 9.84 Å². The molecule has 0 amide bonds. The molecule has 0 bridgehead atoms. The van der Waals surface area contributed by atoms with Crippen molar-refractivity contribution in [1.82, 2.24) is 0 Å². The van der Waals surface area contributed by atoms with Crippen LogP contribution in [0.5, 0.6) is 0 Å². The van der Waals surface area contributed by atoms with Gasteiger partial charge >= 0.3 is 0 Å². The molecule has 1 atom stereocenters. The number of carbonyl (C=O) groups excluding carboxylic acids is 1. The third-order valence-electron chi connectivity index (χ3n) is 3.00. The van der Waals surface area contributed by atoms with Crippen molar-refractivity contribution in [2.45, 2.75) is 24.5 Å². The fourth-order valence-electron chi connectivity index (χ4n) is 2.05. The van der Waals surface area contributed by atoms with Gasteiger partial charge in [0.2, 0.25) is 0 Å². The van der Waals surface area contributed by atoms with Gasteiger partial charge in [-0.3, -0.25) is 4.79 Å². The van der Waals surface area contributed by atoms with E-state index in [4.69, 9.17) is 11.6 Å². The van der Waals surface area contributed by atoms with Gasteiger partial charge < -0.3 is 0 Å². The Bertz CT molecular complexity index is 519. The molecule has 1 unspecified atom stereocenters. The standard InChI is InChI=1S/C12H13ClO3S/c13-10-6-4-9(5-7-10)12(14)11-3-1-2-8-17(11,15)16/h4-7,11H,1-3,8H2. The molecule has 17 heavy (non-hydrogen) atoms. The Labute approximate surface area is 106 Å². The first-order chi connectivity index (χ1) is 8.00. The average Bonchev–Trinajstić information content (AvgIpc) is 2.28. The van der Waals surface area contributed by atoms with Crippen LogP contribution < -0.4 is 0 Å². The highest BCUT2D eigenvalue weighted by molar-refractivity contribution is 7.92. The summed E-state index contributed by atoms with van der Waals surface area (Å²) in [5.74, 6) is -0.182. The van der Waals surface area contributed by atoms with E-state index in [2.05, 4.69) is 0 Å². The molecule has 0 spiro atoms. The molecular formula is C12H13ClO3S. The Morgan fingerprint density at radius 1 is 1.18 bits per heavy atom.